The number of ether oxygens (including phenoxy) is 1. The van der Waals surface area contributed by atoms with Gasteiger partial charge in [-0.05, 0) is 25.0 Å². The Morgan fingerprint density at radius 3 is 2.96 bits per heavy atom. The van der Waals surface area contributed by atoms with Crippen molar-refractivity contribution >= 4 is 29.3 Å². The van der Waals surface area contributed by atoms with Crippen molar-refractivity contribution in [3.63, 3.8) is 0 Å². The highest BCUT2D eigenvalue weighted by molar-refractivity contribution is 7.99. The number of hydrogen-bond acceptors (Lipinski definition) is 4. The first kappa shape index (κ1) is 17.3. The molecule has 0 saturated carbocycles. The fraction of sp³-hybridized carbons (Fsp3) is 0.556. The molecular weight excluding hydrogens is 324 g/mol. The van der Waals surface area contributed by atoms with Gasteiger partial charge >= 0.3 is 0 Å². The van der Waals surface area contributed by atoms with E-state index in [1.54, 1.807) is 23.7 Å². The Balaban J connectivity index is 1.51. The summed E-state index contributed by atoms with van der Waals surface area (Å²) in [6.07, 6.45) is 2.75. The third-order valence-corrected chi connectivity index (χ3v) is 5.55. The molecule has 0 radical (unpaired) electrons. The number of benzene rings is 1. The minimum Gasteiger partial charge on any atom is -0.376 e. The van der Waals surface area contributed by atoms with Gasteiger partial charge in [-0.25, -0.2) is 0 Å². The van der Waals surface area contributed by atoms with Crippen LogP contribution in [0.2, 0.25) is 0 Å². The van der Waals surface area contributed by atoms with Crippen molar-refractivity contribution in [3.8, 4) is 0 Å². The minimum atomic E-state index is 0.0125. The second-order valence-electron chi connectivity index (χ2n) is 6.27. The smallest absolute Gasteiger partial charge is 0.227 e. The molecule has 1 saturated heterocycles. The van der Waals surface area contributed by atoms with Crippen LogP contribution in [0, 0.1) is 0 Å². The summed E-state index contributed by atoms with van der Waals surface area (Å²) in [6.45, 7) is 2.12. The topological polar surface area (TPSA) is 49.9 Å². The maximum Gasteiger partial charge on any atom is 0.227 e. The van der Waals surface area contributed by atoms with Gasteiger partial charge in [0.25, 0.3) is 0 Å². The molecule has 6 heteroatoms. The summed E-state index contributed by atoms with van der Waals surface area (Å²) in [5.74, 6) is 0.940. The lowest BCUT2D eigenvalue weighted by atomic mass is 10.2. The van der Waals surface area contributed by atoms with Gasteiger partial charge in [0.2, 0.25) is 11.8 Å². The van der Waals surface area contributed by atoms with Crippen LogP contribution in [0.4, 0.5) is 5.69 Å². The fourth-order valence-electron chi connectivity index (χ4n) is 3.16. The standard InChI is InChI=1S/C18H24N2O3S/c1-19(13-14-5-4-11-23-14)17(21)8-9-18(22)20-10-12-24-16-7-3-2-6-15(16)20/h2-3,6-7,14H,4-5,8-13H2,1H3/t14-/m1/s1. The highest BCUT2D eigenvalue weighted by atomic mass is 32.2. The summed E-state index contributed by atoms with van der Waals surface area (Å²) in [5.41, 5.74) is 0.971. The summed E-state index contributed by atoms with van der Waals surface area (Å²) < 4.78 is 5.56. The van der Waals surface area contributed by atoms with E-state index in [-0.39, 0.29) is 30.8 Å². The van der Waals surface area contributed by atoms with E-state index in [2.05, 4.69) is 0 Å². The molecule has 24 heavy (non-hydrogen) atoms. The van der Waals surface area contributed by atoms with Crippen LogP contribution in [0.1, 0.15) is 25.7 Å². The van der Waals surface area contributed by atoms with Gasteiger partial charge < -0.3 is 14.5 Å². The normalized spacial score (nSPS) is 19.9. The maximum atomic E-state index is 12.6. The van der Waals surface area contributed by atoms with Crippen molar-refractivity contribution in [1.82, 2.24) is 4.90 Å². The average Bonchev–Trinajstić information content (AvgIpc) is 3.11. The molecule has 0 bridgehead atoms. The quantitative estimate of drug-likeness (QED) is 0.820. The van der Waals surface area contributed by atoms with E-state index >= 15 is 0 Å². The van der Waals surface area contributed by atoms with Crippen LogP contribution in [0.3, 0.4) is 0 Å². The molecule has 1 aromatic rings. The highest BCUT2D eigenvalue weighted by Crippen LogP contribution is 2.34. The fourth-order valence-corrected chi connectivity index (χ4v) is 4.16. The number of carbonyl (C=O) groups excluding carboxylic acids is 2. The van der Waals surface area contributed by atoms with Crippen molar-refractivity contribution in [1.29, 1.82) is 0 Å². The third kappa shape index (κ3) is 4.11. The predicted octanol–water partition coefficient (Wildman–Crippen LogP) is 2.54. The van der Waals surface area contributed by atoms with E-state index < -0.39 is 0 Å². The van der Waals surface area contributed by atoms with Gasteiger partial charge in [-0.1, -0.05) is 12.1 Å². The molecule has 2 aliphatic heterocycles. The number of hydrogen-bond donors (Lipinski definition) is 0. The molecule has 0 unspecified atom stereocenters. The molecule has 130 valence electrons. The molecular formula is C18H24N2O3S. The number of nitrogens with zero attached hydrogens (tertiary/aromatic N) is 2. The van der Waals surface area contributed by atoms with E-state index in [0.29, 0.717) is 13.1 Å². The van der Waals surface area contributed by atoms with Crippen molar-refractivity contribution in [2.45, 2.75) is 36.7 Å². The van der Waals surface area contributed by atoms with E-state index in [4.69, 9.17) is 4.74 Å². The second kappa shape index (κ2) is 8.03. The molecule has 2 amide bonds. The first-order valence-electron chi connectivity index (χ1n) is 8.53. The minimum absolute atomic E-state index is 0.0125. The lowest BCUT2D eigenvalue weighted by Crippen LogP contribution is -2.37. The molecule has 1 fully saturated rings. The van der Waals surface area contributed by atoms with E-state index in [9.17, 15) is 9.59 Å². The van der Waals surface area contributed by atoms with Crippen LogP contribution in [0.5, 0.6) is 0 Å². The second-order valence-corrected chi connectivity index (χ2v) is 7.41. The first-order chi connectivity index (χ1) is 11.6. The van der Waals surface area contributed by atoms with Crippen LogP contribution in [0.25, 0.3) is 0 Å². The Morgan fingerprint density at radius 1 is 1.33 bits per heavy atom. The zero-order chi connectivity index (χ0) is 16.9. The van der Waals surface area contributed by atoms with Crippen LogP contribution in [-0.4, -0.2) is 55.3 Å². The lowest BCUT2D eigenvalue weighted by Gasteiger charge is -2.29. The zero-order valence-corrected chi connectivity index (χ0v) is 14.9. The highest BCUT2D eigenvalue weighted by Gasteiger charge is 2.24. The number of thioether (sulfide) groups is 1. The number of fused-ring (bicyclic) bond motifs is 1. The molecule has 2 heterocycles. The molecule has 5 nitrogen and oxygen atoms in total. The average molecular weight is 348 g/mol. The van der Waals surface area contributed by atoms with Gasteiger partial charge in [0, 0.05) is 50.2 Å². The molecule has 1 aromatic carbocycles. The number of carbonyl (C=O) groups is 2. The number of rotatable bonds is 5. The maximum absolute atomic E-state index is 12.6. The molecule has 0 N–H and O–H groups in total. The van der Waals surface area contributed by atoms with Gasteiger partial charge in [-0.2, -0.15) is 0 Å². The van der Waals surface area contributed by atoms with Crippen molar-refractivity contribution < 1.29 is 14.3 Å². The van der Waals surface area contributed by atoms with E-state index in [0.717, 1.165) is 35.8 Å². The van der Waals surface area contributed by atoms with E-state index in [1.807, 2.05) is 29.2 Å². The Labute approximate surface area is 147 Å². The van der Waals surface area contributed by atoms with Crippen LogP contribution in [0.15, 0.2) is 29.2 Å². The zero-order valence-electron chi connectivity index (χ0n) is 14.1. The monoisotopic (exact) mass is 348 g/mol. The molecule has 1 atom stereocenters. The largest absolute Gasteiger partial charge is 0.376 e. The number of para-hydroxylation sites is 1. The molecule has 0 spiro atoms. The Kier molecular flexibility index (Phi) is 5.79. The van der Waals surface area contributed by atoms with Gasteiger partial charge in [-0.15, -0.1) is 11.8 Å². The molecule has 3 rings (SSSR count). The predicted molar refractivity (Wildman–Crippen MR) is 95.4 cm³/mol. The summed E-state index contributed by atoms with van der Waals surface area (Å²) >= 11 is 1.77. The Hall–Kier alpha value is -1.53. The molecule has 0 aliphatic carbocycles. The van der Waals surface area contributed by atoms with Crippen LogP contribution in [-0.2, 0) is 14.3 Å². The molecule has 2 aliphatic rings. The summed E-state index contributed by atoms with van der Waals surface area (Å²) in [5, 5.41) is 0. The Bertz CT molecular complexity index is 602. The van der Waals surface area contributed by atoms with Gasteiger partial charge in [0.05, 0.1) is 11.8 Å². The van der Waals surface area contributed by atoms with Gasteiger partial charge in [0.1, 0.15) is 0 Å². The SMILES string of the molecule is CN(C[C@H]1CCCO1)C(=O)CCC(=O)N1CCSc2ccccc21. The van der Waals surface area contributed by atoms with Crippen LogP contribution >= 0.6 is 11.8 Å². The van der Waals surface area contributed by atoms with Gasteiger partial charge in [0.15, 0.2) is 0 Å². The summed E-state index contributed by atoms with van der Waals surface area (Å²) in [6, 6.07) is 7.96. The van der Waals surface area contributed by atoms with Crippen molar-refractivity contribution in [3.05, 3.63) is 24.3 Å². The first-order valence-corrected chi connectivity index (χ1v) is 9.51. The number of likely N-dealkylation sites (N-methyl/N-ethyl adjacent to an activating group) is 1. The van der Waals surface area contributed by atoms with Gasteiger partial charge in [-0.3, -0.25) is 9.59 Å². The van der Waals surface area contributed by atoms with Crippen molar-refractivity contribution in [2.75, 3.05) is 37.4 Å². The van der Waals surface area contributed by atoms with Crippen LogP contribution < -0.4 is 4.90 Å². The van der Waals surface area contributed by atoms with Crippen molar-refractivity contribution in [2.24, 2.45) is 0 Å². The third-order valence-electron chi connectivity index (χ3n) is 4.51. The summed E-state index contributed by atoms with van der Waals surface area (Å²) in [7, 11) is 1.79. The Morgan fingerprint density at radius 2 is 2.17 bits per heavy atom. The summed E-state index contributed by atoms with van der Waals surface area (Å²) in [4.78, 5) is 29.5. The van der Waals surface area contributed by atoms with E-state index in [1.165, 1.54) is 0 Å². The number of amides is 2. The lowest BCUT2D eigenvalue weighted by molar-refractivity contribution is -0.133. The molecule has 0 aromatic heterocycles. The number of anilines is 1.